The molecule has 0 spiro atoms. The molecule has 0 bridgehead atoms. The van der Waals surface area contributed by atoms with Crippen molar-refractivity contribution in [2.24, 2.45) is 0 Å². The van der Waals surface area contributed by atoms with Crippen molar-refractivity contribution >= 4 is 0 Å². The molecule has 2 rings (SSSR count). The van der Waals surface area contributed by atoms with Crippen molar-refractivity contribution in [3.05, 3.63) is 41.6 Å². The molecule has 5 nitrogen and oxygen atoms in total. The summed E-state index contributed by atoms with van der Waals surface area (Å²) in [5.74, 6) is 0. The molecule has 98 valence electrons. The molecule has 0 aliphatic heterocycles. The summed E-state index contributed by atoms with van der Waals surface area (Å²) in [7, 11) is 3.20. The van der Waals surface area contributed by atoms with E-state index in [4.69, 9.17) is 14.7 Å². The molecule has 5 heteroatoms. The first-order chi connectivity index (χ1) is 9.26. The smallest absolute Gasteiger partial charge is 0.162 e. The summed E-state index contributed by atoms with van der Waals surface area (Å²) in [6, 6.07) is 11.4. The maximum atomic E-state index is 8.89. The highest BCUT2D eigenvalue weighted by Gasteiger charge is 2.10. The van der Waals surface area contributed by atoms with Crippen molar-refractivity contribution in [3.63, 3.8) is 0 Å². The molecule has 0 fully saturated rings. The van der Waals surface area contributed by atoms with E-state index >= 15 is 0 Å². The van der Waals surface area contributed by atoms with Gasteiger partial charge in [-0.25, -0.2) is 0 Å². The average molecular weight is 257 g/mol. The van der Waals surface area contributed by atoms with Crippen molar-refractivity contribution < 1.29 is 9.47 Å². The summed E-state index contributed by atoms with van der Waals surface area (Å²) in [6.07, 6.45) is 0.302. The molecule has 1 aromatic heterocycles. The molecule has 2 aromatic rings. The lowest BCUT2D eigenvalue weighted by atomic mass is 10.1. The predicted octanol–water partition coefficient (Wildman–Crippen LogP) is 2.11. The summed E-state index contributed by atoms with van der Waals surface area (Å²) < 4.78 is 10.3. The van der Waals surface area contributed by atoms with E-state index in [1.165, 1.54) is 0 Å². The Labute approximate surface area is 111 Å². The van der Waals surface area contributed by atoms with Crippen LogP contribution >= 0.6 is 0 Å². The Morgan fingerprint density at radius 3 is 2.79 bits per heavy atom. The Morgan fingerprint density at radius 2 is 2.11 bits per heavy atom. The largest absolute Gasteiger partial charge is 0.356 e. The average Bonchev–Trinajstić information content (AvgIpc) is 2.93. The van der Waals surface area contributed by atoms with Gasteiger partial charge in [-0.2, -0.15) is 10.4 Å². The Morgan fingerprint density at radius 1 is 1.32 bits per heavy atom. The summed E-state index contributed by atoms with van der Waals surface area (Å²) in [5, 5.41) is 16.1. The number of nitrogens with one attached hydrogen (secondary N) is 1. The van der Waals surface area contributed by atoms with Crippen LogP contribution in [0.3, 0.4) is 0 Å². The Balaban J connectivity index is 2.18. The van der Waals surface area contributed by atoms with Gasteiger partial charge < -0.3 is 9.47 Å². The molecule has 0 aliphatic carbocycles. The molecule has 0 saturated heterocycles. The van der Waals surface area contributed by atoms with Gasteiger partial charge in [0.2, 0.25) is 0 Å². The molecule has 1 heterocycles. The van der Waals surface area contributed by atoms with Gasteiger partial charge in [0.15, 0.2) is 6.29 Å². The molecule has 0 saturated carbocycles. The number of aromatic nitrogens is 2. The van der Waals surface area contributed by atoms with Gasteiger partial charge in [0.05, 0.1) is 17.3 Å². The first kappa shape index (κ1) is 13.3. The van der Waals surface area contributed by atoms with Gasteiger partial charge in [-0.3, -0.25) is 5.10 Å². The highest BCUT2D eigenvalue weighted by Crippen LogP contribution is 2.19. The third-order valence-corrected chi connectivity index (χ3v) is 2.83. The van der Waals surface area contributed by atoms with E-state index in [-0.39, 0.29) is 6.29 Å². The van der Waals surface area contributed by atoms with Crippen LogP contribution in [0, 0.1) is 11.3 Å². The van der Waals surface area contributed by atoms with Crippen molar-refractivity contribution in [1.82, 2.24) is 10.2 Å². The summed E-state index contributed by atoms with van der Waals surface area (Å²) in [4.78, 5) is 0. The fourth-order valence-corrected chi connectivity index (χ4v) is 1.80. The van der Waals surface area contributed by atoms with Crippen LogP contribution in [0.1, 0.15) is 11.3 Å². The number of benzene rings is 1. The van der Waals surface area contributed by atoms with Gasteiger partial charge in [0.25, 0.3) is 0 Å². The predicted molar refractivity (Wildman–Crippen MR) is 70.2 cm³/mol. The lowest BCUT2D eigenvalue weighted by Gasteiger charge is -2.11. The van der Waals surface area contributed by atoms with Gasteiger partial charge in [0.1, 0.15) is 0 Å². The maximum Gasteiger partial charge on any atom is 0.162 e. The second-order valence-corrected chi connectivity index (χ2v) is 4.08. The van der Waals surface area contributed by atoms with Crippen molar-refractivity contribution in [1.29, 1.82) is 5.26 Å². The molecule has 0 amide bonds. The van der Waals surface area contributed by atoms with Gasteiger partial charge in [0, 0.05) is 31.9 Å². The molecular formula is C14H15N3O2. The molecule has 0 radical (unpaired) electrons. The first-order valence-electron chi connectivity index (χ1n) is 5.87. The highest BCUT2D eigenvalue weighted by atomic mass is 16.7. The number of aromatic amines is 1. The fourth-order valence-electron chi connectivity index (χ4n) is 1.80. The zero-order valence-electron chi connectivity index (χ0n) is 10.9. The number of hydrogen-bond acceptors (Lipinski definition) is 4. The SMILES string of the molecule is COC(Cc1cc(-c2cccc(C#N)c2)n[nH]1)OC. The third-order valence-electron chi connectivity index (χ3n) is 2.83. The topological polar surface area (TPSA) is 70.9 Å². The molecule has 0 aliphatic rings. The Kier molecular flexibility index (Phi) is 4.29. The lowest BCUT2D eigenvalue weighted by molar-refractivity contribution is -0.101. The summed E-state index contributed by atoms with van der Waals surface area (Å²) in [5.41, 5.74) is 3.26. The van der Waals surface area contributed by atoms with Gasteiger partial charge in [-0.1, -0.05) is 12.1 Å². The Bertz CT molecular complexity index is 582. The number of methoxy groups -OCH3 is 2. The van der Waals surface area contributed by atoms with Crippen molar-refractivity contribution in [2.75, 3.05) is 14.2 Å². The molecular weight excluding hydrogens is 242 g/mol. The summed E-state index contributed by atoms with van der Waals surface area (Å²) >= 11 is 0. The van der Waals surface area contributed by atoms with E-state index in [2.05, 4.69) is 16.3 Å². The standard InChI is InChI=1S/C14H15N3O2/c1-18-14(19-2)8-12-7-13(17-16-12)11-5-3-4-10(6-11)9-15/h3-7,14H,8H2,1-2H3,(H,16,17). The molecule has 19 heavy (non-hydrogen) atoms. The van der Waals surface area contributed by atoms with E-state index in [9.17, 15) is 0 Å². The maximum absolute atomic E-state index is 8.89. The normalized spacial score (nSPS) is 10.6. The van der Waals surface area contributed by atoms with E-state index in [1.54, 1.807) is 20.3 Å². The zero-order chi connectivity index (χ0) is 13.7. The minimum atomic E-state index is -0.293. The van der Waals surface area contributed by atoms with Gasteiger partial charge in [-0.05, 0) is 18.2 Å². The quantitative estimate of drug-likeness (QED) is 0.833. The fraction of sp³-hybridized carbons (Fsp3) is 0.286. The number of H-pyrrole nitrogens is 1. The third kappa shape index (κ3) is 3.19. The number of nitriles is 1. The molecule has 0 atom stereocenters. The highest BCUT2D eigenvalue weighted by molar-refractivity contribution is 5.61. The van der Waals surface area contributed by atoms with Crippen LogP contribution < -0.4 is 0 Å². The number of ether oxygens (including phenoxy) is 2. The van der Waals surface area contributed by atoms with E-state index in [0.29, 0.717) is 12.0 Å². The van der Waals surface area contributed by atoms with Crippen LogP contribution in [0.2, 0.25) is 0 Å². The first-order valence-corrected chi connectivity index (χ1v) is 5.87. The van der Waals surface area contributed by atoms with E-state index < -0.39 is 0 Å². The molecule has 1 aromatic carbocycles. The minimum Gasteiger partial charge on any atom is -0.356 e. The number of nitrogens with zero attached hydrogens (tertiary/aromatic N) is 2. The van der Waals surface area contributed by atoms with Crippen molar-refractivity contribution in [3.8, 4) is 17.3 Å². The second kappa shape index (κ2) is 6.14. The zero-order valence-corrected chi connectivity index (χ0v) is 10.9. The van der Waals surface area contributed by atoms with Gasteiger partial charge in [-0.15, -0.1) is 0 Å². The van der Waals surface area contributed by atoms with Crippen LogP contribution in [-0.4, -0.2) is 30.7 Å². The number of hydrogen-bond donors (Lipinski definition) is 1. The number of rotatable bonds is 5. The lowest BCUT2D eigenvalue weighted by Crippen LogP contribution is -2.16. The molecule has 0 unspecified atom stereocenters. The van der Waals surface area contributed by atoms with E-state index in [0.717, 1.165) is 17.0 Å². The van der Waals surface area contributed by atoms with E-state index in [1.807, 2.05) is 24.3 Å². The second-order valence-electron chi connectivity index (χ2n) is 4.08. The van der Waals surface area contributed by atoms with Crippen molar-refractivity contribution in [2.45, 2.75) is 12.7 Å². The molecule has 1 N–H and O–H groups in total. The van der Waals surface area contributed by atoms with Crippen LogP contribution in [0.5, 0.6) is 0 Å². The van der Waals surface area contributed by atoms with Crippen LogP contribution in [-0.2, 0) is 15.9 Å². The van der Waals surface area contributed by atoms with Crippen LogP contribution in [0.15, 0.2) is 30.3 Å². The van der Waals surface area contributed by atoms with Crippen LogP contribution in [0.4, 0.5) is 0 Å². The van der Waals surface area contributed by atoms with Crippen LogP contribution in [0.25, 0.3) is 11.3 Å². The van der Waals surface area contributed by atoms with Gasteiger partial charge >= 0.3 is 0 Å². The Hall–Kier alpha value is -2.16. The minimum absolute atomic E-state index is 0.293. The summed E-state index contributed by atoms with van der Waals surface area (Å²) in [6.45, 7) is 0. The monoisotopic (exact) mass is 257 g/mol.